The first-order chi connectivity index (χ1) is 20.1. The van der Waals surface area contributed by atoms with Gasteiger partial charge in [-0.15, -0.1) is 0 Å². The summed E-state index contributed by atoms with van der Waals surface area (Å²) < 4.78 is 19.2. The molecule has 0 aliphatic carbocycles. The fourth-order valence-electron chi connectivity index (χ4n) is 5.13. The molecular formula is C33H30N4O3S. The van der Waals surface area contributed by atoms with Gasteiger partial charge in [0.25, 0.3) is 0 Å². The van der Waals surface area contributed by atoms with Gasteiger partial charge in [0, 0.05) is 29.5 Å². The summed E-state index contributed by atoms with van der Waals surface area (Å²) in [4.78, 5) is 6.85. The number of methoxy groups -OCH3 is 1. The zero-order chi connectivity index (χ0) is 28.2. The number of hydrogen-bond donors (Lipinski definition) is 1. The maximum atomic E-state index is 6.07. The smallest absolute Gasteiger partial charge is 0.174 e. The van der Waals surface area contributed by atoms with Gasteiger partial charge in [-0.3, -0.25) is 4.98 Å². The Morgan fingerprint density at radius 1 is 0.780 bits per heavy atom. The van der Waals surface area contributed by atoms with Crippen LogP contribution in [-0.4, -0.2) is 28.4 Å². The van der Waals surface area contributed by atoms with E-state index in [2.05, 4.69) is 50.2 Å². The molecule has 8 heteroatoms. The topological polar surface area (TPSA) is 60.8 Å². The Balaban J connectivity index is 1.35. The molecule has 0 bridgehead atoms. The number of pyridine rings is 1. The molecule has 2 aromatic heterocycles. The first-order valence-electron chi connectivity index (χ1n) is 13.5. The maximum Gasteiger partial charge on any atom is 0.174 e. The van der Waals surface area contributed by atoms with Gasteiger partial charge in [0.1, 0.15) is 29.0 Å². The molecule has 206 valence electrons. The van der Waals surface area contributed by atoms with Gasteiger partial charge in [-0.2, -0.15) is 0 Å². The highest BCUT2D eigenvalue weighted by Crippen LogP contribution is 2.42. The fourth-order valence-corrected chi connectivity index (χ4v) is 5.47. The molecule has 3 aromatic carbocycles. The van der Waals surface area contributed by atoms with Gasteiger partial charge in [0.05, 0.1) is 25.5 Å². The zero-order valence-corrected chi connectivity index (χ0v) is 23.6. The number of nitrogens with one attached hydrogen (secondary N) is 1. The second-order valence-corrected chi connectivity index (χ2v) is 9.88. The van der Waals surface area contributed by atoms with Crippen LogP contribution in [0, 0.1) is 0 Å². The van der Waals surface area contributed by atoms with E-state index in [1.807, 2.05) is 92.0 Å². The molecule has 2 atom stereocenters. The van der Waals surface area contributed by atoms with Crippen LogP contribution in [0.1, 0.15) is 30.4 Å². The van der Waals surface area contributed by atoms with Crippen molar-refractivity contribution in [3.63, 3.8) is 0 Å². The third-order valence-corrected chi connectivity index (χ3v) is 7.33. The van der Waals surface area contributed by atoms with Crippen molar-refractivity contribution in [2.75, 3.05) is 18.6 Å². The molecule has 0 amide bonds. The van der Waals surface area contributed by atoms with Crippen LogP contribution < -0.4 is 24.4 Å². The summed E-state index contributed by atoms with van der Waals surface area (Å²) in [5, 5.41) is 4.18. The van der Waals surface area contributed by atoms with Crippen molar-refractivity contribution in [3.05, 3.63) is 127 Å². The molecule has 1 fully saturated rings. The zero-order valence-electron chi connectivity index (χ0n) is 22.8. The van der Waals surface area contributed by atoms with Gasteiger partial charge < -0.3 is 29.0 Å². The first-order valence-corrected chi connectivity index (χ1v) is 13.9. The normalized spacial score (nSPS) is 16.3. The summed E-state index contributed by atoms with van der Waals surface area (Å²) in [6, 6.07) is 33.5. The fraction of sp³-hybridized carbons (Fsp3) is 0.152. The van der Waals surface area contributed by atoms with E-state index in [4.69, 9.17) is 26.4 Å². The number of ether oxygens (including phenoxy) is 3. The van der Waals surface area contributed by atoms with E-state index in [-0.39, 0.29) is 12.1 Å². The Kier molecular flexibility index (Phi) is 7.56. The molecule has 41 heavy (non-hydrogen) atoms. The van der Waals surface area contributed by atoms with Gasteiger partial charge in [-0.05, 0) is 116 Å². The highest BCUT2D eigenvalue weighted by molar-refractivity contribution is 7.80. The molecule has 7 nitrogen and oxygen atoms in total. The molecule has 1 saturated heterocycles. The van der Waals surface area contributed by atoms with E-state index in [1.54, 1.807) is 7.11 Å². The summed E-state index contributed by atoms with van der Waals surface area (Å²) in [6.45, 7) is 2.61. The van der Waals surface area contributed by atoms with Crippen molar-refractivity contribution in [3.8, 4) is 28.7 Å². The van der Waals surface area contributed by atoms with Crippen molar-refractivity contribution in [2.45, 2.75) is 19.0 Å². The molecule has 0 radical (unpaired) electrons. The molecule has 3 heterocycles. The lowest BCUT2D eigenvalue weighted by molar-refractivity contribution is 0.340. The highest BCUT2D eigenvalue weighted by atomic mass is 32.1. The minimum atomic E-state index is -0.160. The Bertz CT molecular complexity index is 1600. The molecule has 2 unspecified atom stereocenters. The molecule has 0 spiro atoms. The van der Waals surface area contributed by atoms with Crippen LogP contribution in [-0.2, 0) is 0 Å². The monoisotopic (exact) mass is 562 g/mol. The lowest BCUT2D eigenvalue weighted by atomic mass is 10.0. The Labute approximate surface area is 244 Å². The van der Waals surface area contributed by atoms with Crippen molar-refractivity contribution in [1.29, 1.82) is 0 Å². The second kappa shape index (κ2) is 11.7. The van der Waals surface area contributed by atoms with E-state index in [0.29, 0.717) is 11.7 Å². The SMILES string of the molecule is CCOc1ccc(-n2cccc2C2C(c3ccccn3)NC(=S)N2c2ccc(Oc3ccc(OC)cc3)cc2)cc1. The van der Waals surface area contributed by atoms with E-state index >= 15 is 0 Å². The van der Waals surface area contributed by atoms with Gasteiger partial charge >= 0.3 is 0 Å². The van der Waals surface area contributed by atoms with Crippen molar-refractivity contribution < 1.29 is 14.2 Å². The molecule has 1 aliphatic rings. The van der Waals surface area contributed by atoms with E-state index in [1.165, 1.54) is 0 Å². The minimum absolute atomic E-state index is 0.157. The quantitative estimate of drug-likeness (QED) is 0.190. The van der Waals surface area contributed by atoms with Crippen LogP contribution in [0.25, 0.3) is 5.69 Å². The maximum absolute atomic E-state index is 6.07. The van der Waals surface area contributed by atoms with E-state index < -0.39 is 0 Å². The van der Waals surface area contributed by atoms with E-state index in [0.717, 1.165) is 45.8 Å². The lowest BCUT2D eigenvalue weighted by Gasteiger charge is -2.29. The summed E-state index contributed by atoms with van der Waals surface area (Å²) in [6.07, 6.45) is 3.89. The number of hydrogen-bond acceptors (Lipinski definition) is 5. The molecule has 1 N–H and O–H groups in total. The summed E-state index contributed by atoms with van der Waals surface area (Å²) in [7, 11) is 1.65. The number of nitrogens with zero attached hydrogens (tertiary/aromatic N) is 3. The third kappa shape index (κ3) is 5.47. The summed E-state index contributed by atoms with van der Waals surface area (Å²) in [5.74, 6) is 3.09. The number of aromatic nitrogens is 2. The van der Waals surface area contributed by atoms with Crippen molar-refractivity contribution in [1.82, 2.24) is 14.9 Å². The van der Waals surface area contributed by atoms with Crippen LogP contribution in [0.15, 0.2) is 116 Å². The number of anilines is 1. The van der Waals surface area contributed by atoms with Crippen LogP contribution in [0.5, 0.6) is 23.0 Å². The number of thiocarbonyl (C=S) groups is 1. The lowest BCUT2D eigenvalue weighted by Crippen LogP contribution is -2.30. The Hall–Kier alpha value is -4.82. The highest BCUT2D eigenvalue weighted by Gasteiger charge is 2.42. The second-order valence-electron chi connectivity index (χ2n) is 9.50. The molecule has 6 rings (SSSR count). The molecule has 0 saturated carbocycles. The standard InChI is InChI=1S/C33H30N4O3S/c1-3-39-26-13-9-23(10-14-26)36-22-6-8-30(36)32-31(29-7-4-5-21-34-29)35-33(41)37(32)24-11-15-27(16-12-24)40-28-19-17-25(38-2)18-20-28/h4-22,31-32H,3H2,1-2H3,(H,35,41). The van der Waals surface area contributed by atoms with Crippen LogP contribution in [0.4, 0.5) is 5.69 Å². The van der Waals surface area contributed by atoms with Crippen LogP contribution in [0.2, 0.25) is 0 Å². The average molecular weight is 563 g/mol. The van der Waals surface area contributed by atoms with Crippen molar-refractivity contribution in [2.24, 2.45) is 0 Å². The largest absolute Gasteiger partial charge is 0.497 e. The molecule has 1 aliphatic heterocycles. The predicted octanol–water partition coefficient (Wildman–Crippen LogP) is 7.25. The predicted molar refractivity (Wildman–Crippen MR) is 164 cm³/mol. The first kappa shape index (κ1) is 26.4. The third-order valence-electron chi connectivity index (χ3n) is 7.02. The number of benzene rings is 3. The van der Waals surface area contributed by atoms with Crippen LogP contribution in [0.3, 0.4) is 0 Å². The van der Waals surface area contributed by atoms with Gasteiger partial charge in [0.15, 0.2) is 5.11 Å². The van der Waals surface area contributed by atoms with E-state index in [9.17, 15) is 0 Å². The Morgan fingerprint density at radius 2 is 1.44 bits per heavy atom. The van der Waals surface area contributed by atoms with Crippen molar-refractivity contribution >= 4 is 23.0 Å². The Morgan fingerprint density at radius 3 is 2.10 bits per heavy atom. The number of rotatable bonds is 9. The molecule has 5 aromatic rings. The van der Waals surface area contributed by atoms with Crippen LogP contribution >= 0.6 is 12.2 Å². The van der Waals surface area contributed by atoms with Gasteiger partial charge in [-0.25, -0.2) is 0 Å². The van der Waals surface area contributed by atoms with Gasteiger partial charge in [0.2, 0.25) is 0 Å². The molecular weight excluding hydrogens is 532 g/mol. The summed E-state index contributed by atoms with van der Waals surface area (Å²) in [5.41, 5.74) is 3.98. The minimum Gasteiger partial charge on any atom is -0.497 e. The summed E-state index contributed by atoms with van der Waals surface area (Å²) >= 11 is 5.94. The average Bonchev–Trinajstić information content (AvgIpc) is 3.63. The van der Waals surface area contributed by atoms with Gasteiger partial charge in [-0.1, -0.05) is 6.07 Å².